The molecule has 1 heterocycles. The van der Waals surface area contributed by atoms with E-state index in [0.717, 1.165) is 19.3 Å². The Balaban J connectivity index is 1.80. The molecule has 0 aromatic heterocycles. The van der Waals surface area contributed by atoms with E-state index < -0.39 is 0 Å². The predicted molar refractivity (Wildman–Crippen MR) is 82.5 cm³/mol. The van der Waals surface area contributed by atoms with Gasteiger partial charge in [-0.25, -0.2) is 0 Å². The molecule has 2 heteroatoms. The molecule has 1 aliphatic heterocycles. The maximum absolute atomic E-state index is 5.94. The molecule has 0 bridgehead atoms. The van der Waals surface area contributed by atoms with E-state index in [1.54, 1.807) is 0 Å². The topological polar surface area (TPSA) is 29.3 Å². The molecule has 19 heavy (non-hydrogen) atoms. The zero-order valence-electron chi connectivity index (χ0n) is 12.4. The average molecular weight is 260 g/mol. The normalized spacial score (nSPS) is 19.5. The Labute approximate surface area is 118 Å². The van der Waals surface area contributed by atoms with Gasteiger partial charge in [0.1, 0.15) is 0 Å². The van der Waals surface area contributed by atoms with Crippen molar-refractivity contribution in [1.82, 2.24) is 4.90 Å². The number of rotatable bonds is 5. The van der Waals surface area contributed by atoms with E-state index in [1.807, 2.05) is 0 Å². The first-order valence-electron chi connectivity index (χ1n) is 7.75. The summed E-state index contributed by atoms with van der Waals surface area (Å²) >= 11 is 0. The van der Waals surface area contributed by atoms with Crippen LogP contribution >= 0.6 is 0 Å². The maximum atomic E-state index is 5.94. The van der Waals surface area contributed by atoms with E-state index >= 15 is 0 Å². The molecule has 2 N–H and O–H groups in total. The van der Waals surface area contributed by atoms with Crippen LogP contribution < -0.4 is 5.73 Å². The second kappa shape index (κ2) is 7.06. The molecular weight excluding hydrogens is 232 g/mol. The van der Waals surface area contributed by atoms with Crippen LogP contribution in [0.4, 0.5) is 0 Å². The lowest BCUT2D eigenvalue weighted by atomic mass is 9.97. The Morgan fingerprint density at radius 2 is 1.84 bits per heavy atom. The summed E-state index contributed by atoms with van der Waals surface area (Å²) in [6, 6.07) is 9.64. The zero-order chi connectivity index (χ0) is 13.7. The maximum Gasteiger partial charge on any atom is 0.00631 e. The highest BCUT2D eigenvalue weighted by Crippen LogP contribution is 2.19. The summed E-state index contributed by atoms with van der Waals surface area (Å²) in [5.41, 5.74) is 8.86. The van der Waals surface area contributed by atoms with E-state index in [0.29, 0.717) is 12.0 Å². The first-order valence-corrected chi connectivity index (χ1v) is 7.75. The molecule has 1 atom stereocenters. The number of piperidine rings is 1. The van der Waals surface area contributed by atoms with Gasteiger partial charge in [-0.05, 0) is 55.8 Å². The second-order valence-corrected chi connectivity index (χ2v) is 5.98. The van der Waals surface area contributed by atoms with Gasteiger partial charge in [-0.1, -0.05) is 38.1 Å². The molecule has 2 nitrogen and oxygen atoms in total. The number of nitrogens with zero attached hydrogens (tertiary/aromatic N) is 1. The SMILES string of the molecule is CCC(C)c1ccc(CCN2CCC(N)CC2)cc1. The van der Waals surface area contributed by atoms with Gasteiger partial charge >= 0.3 is 0 Å². The lowest BCUT2D eigenvalue weighted by Crippen LogP contribution is -2.40. The third kappa shape index (κ3) is 4.32. The van der Waals surface area contributed by atoms with Crippen molar-refractivity contribution in [2.45, 2.75) is 51.5 Å². The smallest absolute Gasteiger partial charge is 0.00631 e. The fourth-order valence-electron chi connectivity index (χ4n) is 2.71. The van der Waals surface area contributed by atoms with Crippen molar-refractivity contribution in [1.29, 1.82) is 0 Å². The average Bonchev–Trinajstić information content (AvgIpc) is 2.46. The van der Waals surface area contributed by atoms with Crippen molar-refractivity contribution >= 4 is 0 Å². The van der Waals surface area contributed by atoms with Gasteiger partial charge < -0.3 is 10.6 Å². The van der Waals surface area contributed by atoms with Crippen LogP contribution in [0.25, 0.3) is 0 Å². The standard InChI is InChI=1S/C17H28N2/c1-3-14(2)16-6-4-15(5-7-16)8-11-19-12-9-17(18)10-13-19/h4-7,14,17H,3,8-13,18H2,1-2H3. The van der Waals surface area contributed by atoms with Crippen LogP contribution in [0.1, 0.15) is 50.2 Å². The molecule has 0 saturated carbocycles. The third-order valence-corrected chi connectivity index (χ3v) is 4.51. The Bertz CT molecular complexity index is 363. The Kier molecular flexibility index (Phi) is 5.41. The molecule has 0 spiro atoms. The van der Waals surface area contributed by atoms with Gasteiger partial charge in [-0.15, -0.1) is 0 Å². The minimum Gasteiger partial charge on any atom is -0.328 e. The Morgan fingerprint density at radius 3 is 2.42 bits per heavy atom. The second-order valence-electron chi connectivity index (χ2n) is 5.98. The van der Waals surface area contributed by atoms with Crippen LogP contribution in [0.3, 0.4) is 0 Å². The van der Waals surface area contributed by atoms with E-state index in [4.69, 9.17) is 5.73 Å². The third-order valence-electron chi connectivity index (χ3n) is 4.51. The van der Waals surface area contributed by atoms with Crippen molar-refractivity contribution in [3.63, 3.8) is 0 Å². The fraction of sp³-hybridized carbons (Fsp3) is 0.647. The minimum atomic E-state index is 0.436. The zero-order valence-corrected chi connectivity index (χ0v) is 12.4. The van der Waals surface area contributed by atoms with Crippen LogP contribution in [-0.4, -0.2) is 30.6 Å². The highest BCUT2D eigenvalue weighted by atomic mass is 15.1. The quantitative estimate of drug-likeness (QED) is 0.881. The number of likely N-dealkylation sites (tertiary alicyclic amines) is 1. The monoisotopic (exact) mass is 260 g/mol. The van der Waals surface area contributed by atoms with E-state index in [9.17, 15) is 0 Å². The van der Waals surface area contributed by atoms with Gasteiger partial charge in [0, 0.05) is 12.6 Å². The molecule has 2 rings (SSSR count). The molecule has 106 valence electrons. The number of nitrogens with two attached hydrogens (primary N) is 1. The number of benzene rings is 1. The Morgan fingerprint density at radius 1 is 1.21 bits per heavy atom. The van der Waals surface area contributed by atoms with Crippen molar-refractivity contribution in [3.05, 3.63) is 35.4 Å². The predicted octanol–water partition coefficient (Wildman–Crippen LogP) is 3.17. The van der Waals surface area contributed by atoms with Gasteiger partial charge in [-0.2, -0.15) is 0 Å². The summed E-state index contributed by atoms with van der Waals surface area (Å²) in [5, 5.41) is 0. The molecule has 0 radical (unpaired) electrons. The van der Waals surface area contributed by atoms with E-state index in [2.05, 4.69) is 43.0 Å². The van der Waals surface area contributed by atoms with E-state index in [1.165, 1.54) is 37.2 Å². The van der Waals surface area contributed by atoms with Crippen LogP contribution in [0, 0.1) is 0 Å². The van der Waals surface area contributed by atoms with Crippen LogP contribution in [0.5, 0.6) is 0 Å². The minimum absolute atomic E-state index is 0.436. The fourth-order valence-corrected chi connectivity index (χ4v) is 2.71. The highest BCUT2D eigenvalue weighted by Gasteiger charge is 2.15. The molecule has 1 saturated heterocycles. The first kappa shape index (κ1) is 14.5. The Hall–Kier alpha value is -0.860. The largest absolute Gasteiger partial charge is 0.328 e. The first-order chi connectivity index (χ1) is 9.19. The highest BCUT2D eigenvalue weighted by molar-refractivity contribution is 5.25. The van der Waals surface area contributed by atoms with Crippen molar-refractivity contribution < 1.29 is 0 Å². The van der Waals surface area contributed by atoms with Gasteiger partial charge in [0.15, 0.2) is 0 Å². The molecular formula is C17H28N2. The van der Waals surface area contributed by atoms with Crippen LogP contribution in [0.15, 0.2) is 24.3 Å². The lowest BCUT2D eigenvalue weighted by molar-refractivity contribution is 0.215. The van der Waals surface area contributed by atoms with Crippen molar-refractivity contribution in [2.75, 3.05) is 19.6 Å². The summed E-state index contributed by atoms with van der Waals surface area (Å²) < 4.78 is 0. The van der Waals surface area contributed by atoms with Gasteiger partial charge in [0.05, 0.1) is 0 Å². The summed E-state index contributed by atoms with van der Waals surface area (Å²) in [4.78, 5) is 2.55. The van der Waals surface area contributed by atoms with Gasteiger partial charge in [-0.3, -0.25) is 0 Å². The van der Waals surface area contributed by atoms with Gasteiger partial charge in [0.2, 0.25) is 0 Å². The molecule has 0 amide bonds. The molecule has 1 fully saturated rings. The van der Waals surface area contributed by atoms with Gasteiger partial charge in [0.25, 0.3) is 0 Å². The lowest BCUT2D eigenvalue weighted by Gasteiger charge is -2.30. The molecule has 1 aliphatic rings. The van der Waals surface area contributed by atoms with E-state index in [-0.39, 0.29) is 0 Å². The number of hydrogen-bond acceptors (Lipinski definition) is 2. The van der Waals surface area contributed by atoms with Crippen LogP contribution in [0.2, 0.25) is 0 Å². The van der Waals surface area contributed by atoms with Crippen molar-refractivity contribution in [3.8, 4) is 0 Å². The molecule has 0 aliphatic carbocycles. The van der Waals surface area contributed by atoms with Crippen molar-refractivity contribution in [2.24, 2.45) is 5.73 Å². The molecule has 1 unspecified atom stereocenters. The molecule has 1 aromatic rings. The summed E-state index contributed by atoms with van der Waals surface area (Å²) in [5.74, 6) is 0.678. The molecule has 1 aromatic carbocycles. The summed E-state index contributed by atoms with van der Waals surface area (Å²) in [6.07, 6.45) is 4.70. The van der Waals surface area contributed by atoms with Crippen LogP contribution in [-0.2, 0) is 6.42 Å². The number of hydrogen-bond donors (Lipinski definition) is 1. The summed E-state index contributed by atoms with van der Waals surface area (Å²) in [6.45, 7) is 8.07. The summed E-state index contributed by atoms with van der Waals surface area (Å²) in [7, 11) is 0.